The molecule has 1 heterocycles. The van der Waals surface area contributed by atoms with Gasteiger partial charge in [0.1, 0.15) is 0 Å². The zero-order valence-corrected chi connectivity index (χ0v) is 8.72. The van der Waals surface area contributed by atoms with Crippen molar-refractivity contribution in [3.63, 3.8) is 0 Å². The Balaban J connectivity index is 2.64. The Morgan fingerprint density at radius 3 is 2.93 bits per heavy atom. The summed E-state index contributed by atoms with van der Waals surface area (Å²) in [7, 11) is 0. The number of carboxylic acids is 1. The Morgan fingerprint density at radius 1 is 1.67 bits per heavy atom. The smallest absolute Gasteiger partial charge is 0.355 e. The molecule has 0 saturated carbocycles. The largest absolute Gasteiger partial charge is 0.476 e. The molecule has 0 saturated heterocycles. The third-order valence-corrected chi connectivity index (χ3v) is 2.27. The van der Waals surface area contributed by atoms with Crippen molar-refractivity contribution in [2.75, 3.05) is 6.54 Å². The SMILES string of the molecule is CC#CCNC(=O)c1nc(C(=O)O)cs1. The molecule has 0 atom stereocenters. The van der Waals surface area contributed by atoms with Crippen molar-refractivity contribution in [2.24, 2.45) is 0 Å². The van der Waals surface area contributed by atoms with Gasteiger partial charge in [-0.2, -0.15) is 0 Å². The van der Waals surface area contributed by atoms with Gasteiger partial charge in [-0.3, -0.25) is 4.79 Å². The van der Waals surface area contributed by atoms with E-state index in [0.717, 1.165) is 11.3 Å². The van der Waals surface area contributed by atoms with Crippen LogP contribution in [0.1, 0.15) is 27.2 Å². The number of aromatic carboxylic acids is 1. The zero-order chi connectivity index (χ0) is 11.3. The summed E-state index contributed by atoms with van der Waals surface area (Å²) in [6, 6.07) is 0. The van der Waals surface area contributed by atoms with E-state index in [9.17, 15) is 9.59 Å². The van der Waals surface area contributed by atoms with Crippen LogP contribution >= 0.6 is 11.3 Å². The molecule has 78 valence electrons. The number of nitrogens with one attached hydrogen (secondary N) is 1. The van der Waals surface area contributed by atoms with Crippen molar-refractivity contribution >= 4 is 23.2 Å². The third kappa shape index (κ3) is 3.07. The maximum Gasteiger partial charge on any atom is 0.355 e. The number of thiazole rings is 1. The summed E-state index contributed by atoms with van der Waals surface area (Å²) >= 11 is 0.992. The molecule has 0 spiro atoms. The fraction of sp³-hybridized carbons (Fsp3) is 0.222. The van der Waals surface area contributed by atoms with E-state index < -0.39 is 11.9 Å². The predicted molar refractivity (Wildman–Crippen MR) is 54.9 cm³/mol. The van der Waals surface area contributed by atoms with Gasteiger partial charge in [0.2, 0.25) is 0 Å². The van der Waals surface area contributed by atoms with Crippen LogP contribution in [0.4, 0.5) is 0 Å². The molecule has 1 amide bonds. The molecule has 0 radical (unpaired) electrons. The van der Waals surface area contributed by atoms with Crippen LogP contribution < -0.4 is 5.32 Å². The molecule has 5 nitrogen and oxygen atoms in total. The number of aromatic nitrogens is 1. The van der Waals surface area contributed by atoms with Gasteiger partial charge in [0.15, 0.2) is 10.7 Å². The van der Waals surface area contributed by atoms with Crippen LogP contribution in [0.25, 0.3) is 0 Å². The van der Waals surface area contributed by atoms with Crippen molar-refractivity contribution in [3.8, 4) is 11.8 Å². The lowest BCUT2D eigenvalue weighted by Gasteiger charge is -1.95. The molecule has 1 aromatic heterocycles. The van der Waals surface area contributed by atoms with E-state index in [0.29, 0.717) is 0 Å². The number of amides is 1. The summed E-state index contributed by atoms with van der Waals surface area (Å²) in [6.45, 7) is 1.90. The lowest BCUT2D eigenvalue weighted by molar-refractivity contribution is 0.0691. The van der Waals surface area contributed by atoms with Crippen LogP contribution in [0.3, 0.4) is 0 Å². The topological polar surface area (TPSA) is 79.3 Å². The first-order valence-corrected chi connectivity index (χ1v) is 4.89. The molecule has 2 N–H and O–H groups in total. The van der Waals surface area contributed by atoms with Crippen molar-refractivity contribution in [3.05, 3.63) is 16.1 Å². The average Bonchev–Trinajstić information content (AvgIpc) is 2.66. The van der Waals surface area contributed by atoms with Crippen LogP contribution in [0.5, 0.6) is 0 Å². The Kier molecular flexibility index (Phi) is 3.83. The highest BCUT2D eigenvalue weighted by molar-refractivity contribution is 7.11. The standard InChI is InChI=1S/C9H8N2O3S/c1-2-3-4-10-7(12)8-11-6(5-15-8)9(13)14/h5H,4H2,1H3,(H,10,12)(H,13,14). The molecule has 0 unspecified atom stereocenters. The summed E-state index contributed by atoms with van der Waals surface area (Å²) in [5, 5.41) is 12.5. The maximum atomic E-state index is 11.3. The van der Waals surface area contributed by atoms with Crippen molar-refractivity contribution in [1.29, 1.82) is 0 Å². The number of carbonyl (C=O) groups is 2. The molecule has 0 aliphatic heterocycles. The Bertz CT molecular complexity index is 442. The van der Waals surface area contributed by atoms with Crippen LogP contribution in [0, 0.1) is 11.8 Å². The van der Waals surface area contributed by atoms with Crippen LogP contribution in [-0.2, 0) is 0 Å². The van der Waals surface area contributed by atoms with Gasteiger partial charge in [-0.05, 0) is 6.92 Å². The van der Waals surface area contributed by atoms with Gasteiger partial charge in [-0.1, -0.05) is 5.92 Å². The molecule has 0 aliphatic carbocycles. The van der Waals surface area contributed by atoms with Gasteiger partial charge < -0.3 is 10.4 Å². The second-order valence-electron chi connectivity index (χ2n) is 2.45. The number of carbonyl (C=O) groups excluding carboxylic acids is 1. The molecule has 15 heavy (non-hydrogen) atoms. The Labute approximate surface area is 90.1 Å². The molecule has 1 rings (SSSR count). The first-order chi connectivity index (χ1) is 7.15. The molecule has 0 aromatic carbocycles. The van der Waals surface area contributed by atoms with Crippen molar-refractivity contribution in [1.82, 2.24) is 10.3 Å². The number of nitrogens with zero attached hydrogens (tertiary/aromatic N) is 1. The van der Waals surface area contributed by atoms with Gasteiger partial charge in [0.05, 0.1) is 6.54 Å². The van der Waals surface area contributed by atoms with Crippen molar-refractivity contribution in [2.45, 2.75) is 6.92 Å². The molecular weight excluding hydrogens is 216 g/mol. The minimum absolute atomic E-state index is 0.119. The lowest BCUT2D eigenvalue weighted by atomic mass is 10.5. The molecule has 6 heteroatoms. The molecule has 0 fully saturated rings. The first kappa shape index (κ1) is 11.2. The predicted octanol–water partition coefficient (Wildman–Crippen LogP) is 0.594. The van der Waals surface area contributed by atoms with E-state index in [1.165, 1.54) is 5.38 Å². The number of rotatable bonds is 3. The fourth-order valence-corrected chi connectivity index (χ4v) is 1.47. The normalized spacial score (nSPS) is 8.87. The van der Waals surface area contributed by atoms with E-state index in [1.54, 1.807) is 6.92 Å². The van der Waals surface area contributed by atoms with Crippen LogP contribution in [0.2, 0.25) is 0 Å². The lowest BCUT2D eigenvalue weighted by Crippen LogP contribution is -2.23. The number of carboxylic acid groups (broad SMARTS) is 1. The quantitative estimate of drug-likeness (QED) is 0.737. The minimum Gasteiger partial charge on any atom is -0.476 e. The maximum absolute atomic E-state index is 11.3. The zero-order valence-electron chi connectivity index (χ0n) is 7.90. The molecular formula is C9H8N2O3S. The van der Waals surface area contributed by atoms with Gasteiger partial charge in [0.25, 0.3) is 5.91 Å². The number of hydrogen-bond donors (Lipinski definition) is 2. The summed E-state index contributed by atoms with van der Waals surface area (Å²) < 4.78 is 0. The van der Waals surface area contributed by atoms with Gasteiger partial charge in [-0.25, -0.2) is 9.78 Å². The van der Waals surface area contributed by atoms with Crippen LogP contribution in [0.15, 0.2) is 5.38 Å². The monoisotopic (exact) mass is 224 g/mol. The fourth-order valence-electron chi connectivity index (χ4n) is 0.765. The van der Waals surface area contributed by atoms with Gasteiger partial charge >= 0.3 is 5.97 Å². The first-order valence-electron chi connectivity index (χ1n) is 4.01. The second-order valence-corrected chi connectivity index (χ2v) is 3.31. The van der Waals surface area contributed by atoms with Crippen LogP contribution in [-0.4, -0.2) is 28.5 Å². The summed E-state index contributed by atoms with van der Waals surface area (Å²) in [4.78, 5) is 25.5. The molecule has 0 aliphatic rings. The van der Waals surface area contributed by atoms with E-state index >= 15 is 0 Å². The Hall–Kier alpha value is -1.87. The molecule has 0 bridgehead atoms. The number of hydrogen-bond acceptors (Lipinski definition) is 4. The Morgan fingerprint density at radius 2 is 2.40 bits per heavy atom. The summed E-state index contributed by atoms with van der Waals surface area (Å²) in [5.74, 6) is 3.73. The highest BCUT2D eigenvalue weighted by Crippen LogP contribution is 2.09. The third-order valence-electron chi connectivity index (χ3n) is 1.43. The van der Waals surface area contributed by atoms with Gasteiger partial charge in [-0.15, -0.1) is 17.3 Å². The van der Waals surface area contributed by atoms with Gasteiger partial charge in [0, 0.05) is 5.38 Å². The van der Waals surface area contributed by atoms with E-state index in [4.69, 9.17) is 5.11 Å². The minimum atomic E-state index is -1.14. The van der Waals surface area contributed by atoms with E-state index in [-0.39, 0.29) is 17.2 Å². The van der Waals surface area contributed by atoms with E-state index in [1.807, 2.05) is 0 Å². The van der Waals surface area contributed by atoms with E-state index in [2.05, 4.69) is 22.1 Å². The average molecular weight is 224 g/mol. The summed E-state index contributed by atoms with van der Waals surface area (Å²) in [6.07, 6.45) is 0. The highest BCUT2D eigenvalue weighted by atomic mass is 32.1. The second kappa shape index (κ2) is 5.12. The molecule has 1 aromatic rings. The highest BCUT2D eigenvalue weighted by Gasteiger charge is 2.13. The summed E-state index contributed by atoms with van der Waals surface area (Å²) in [5.41, 5.74) is -0.119. The van der Waals surface area contributed by atoms with Crippen molar-refractivity contribution < 1.29 is 14.7 Å².